The van der Waals surface area contributed by atoms with Crippen molar-refractivity contribution in [3.8, 4) is 11.3 Å². The van der Waals surface area contributed by atoms with Gasteiger partial charge in [0.05, 0.1) is 12.3 Å². The standard InChI is InChI=1S/C16H16N2O3/c1-3-21-15(20)10-9-13-11-14(19)18(2)17-16(13)12-7-5-4-6-8-12/h4-11H,3H2,1-2H3/b10-9+. The molecule has 1 aromatic carbocycles. The van der Waals surface area contributed by atoms with Gasteiger partial charge in [-0.3, -0.25) is 4.79 Å². The number of aromatic nitrogens is 2. The third-order valence-corrected chi connectivity index (χ3v) is 2.85. The first-order valence-corrected chi connectivity index (χ1v) is 6.60. The average molecular weight is 284 g/mol. The van der Waals surface area contributed by atoms with Crippen molar-refractivity contribution in [3.05, 3.63) is 58.4 Å². The van der Waals surface area contributed by atoms with Crippen molar-refractivity contribution < 1.29 is 9.53 Å². The summed E-state index contributed by atoms with van der Waals surface area (Å²) in [5, 5.41) is 4.27. The van der Waals surface area contributed by atoms with Gasteiger partial charge in [-0.1, -0.05) is 30.3 Å². The quantitative estimate of drug-likeness (QED) is 0.636. The van der Waals surface area contributed by atoms with Crippen LogP contribution in [0.5, 0.6) is 0 Å². The minimum atomic E-state index is -0.447. The molecule has 21 heavy (non-hydrogen) atoms. The number of esters is 1. The maximum atomic E-state index is 11.7. The summed E-state index contributed by atoms with van der Waals surface area (Å²) in [6.07, 6.45) is 2.85. The van der Waals surface area contributed by atoms with E-state index in [1.165, 1.54) is 16.8 Å². The summed E-state index contributed by atoms with van der Waals surface area (Å²) >= 11 is 0. The minimum absolute atomic E-state index is 0.238. The predicted octanol–water partition coefficient (Wildman–Crippen LogP) is 2.02. The lowest BCUT2D eigenvalue weighted by molar-refractivity contribution is -0.137. The van der Waals surface area contributed by atoms with Crippen LogP contribution in [0.3, 0.4) is 0 Å². The molecule has 0 radical (unpaired) electrons. The number of benzene rings is 1. The maximum absolute atomic E-state index is 11.7. The normalized spacial score (nSPS) is 10.8. The number of carbonyl (C=O) groups excluding carboxylic acids is 1. The monoisotopic (exact) mass is 284 g/mol. The highest BCUT2D eigenvalue weighted by molar-refractivity contribution is 5.88. The first-order valence-electron chi connectivity index (χ1n) is 6.60. The molecule has 0 spiro atoms. The Kier molecular flexibility index (Phi) is 4.66. The summed E-state index contributed by atoms with van der Waals surface area (Å²) in [7, 11) is 1.59. The fourth-order valence-electron chi connectivity index (χ4n) is 1.85. The molecule has 0 fully saturated rings. The highest BCUT2D eigenvalue weighted by atomic mass is 16.5. The highest BCUT2D eigenvalue weighted by Crippen LogP contribution is 2.20. The summed E-state index contributed by atoms with van der Waals surface area (Å²) in [6.45, 7) is 2.05. The molecule has 0 unspecified atom stereocenters. The van der Waals surface area contributed by atoms with E-state index in [4.69, 9.17) is 4.74 Å². The molecule has 0 aliphatic carbocycles. The van der Waals surface area contributed by atoms with E-state index in [0.717, 1.165) is 5.56 Å². The number of rotatable bonds is 4. The molecule has 5 nitrogen and oxygen atoms in total. The van der Waals surface area contributed by atoms with Crippen molar-refractivity contribution in [3.63, 3.8) is 0 Å². The minimum Gasteiger partial charge on any atom is -0.463 e. The molecule has 5 heteroatoms. The highest BCUT2D eigenvalue weighted by Gasteiger charge is 2.08. The molecule has 1 aromatic heterocycles. The Morgan fingerprint density at radius 2 is 2.05 bits per heavy atom. The van der Waals surface area contributed by atoms with E-state index < -0.39 is 5.97 Å². The predicted molar refractivity (Wildman–Crippen MR) is 80.6 cm³/mol. The van der Waals surface area contributed by atoms with Gasteiger partial charge >= 0.3 is 5.97 Å². The lowest BCUT2D eigenvalue weighted by Gasteiger charge is -2.07. The van der Waals surface area contributed by atoms with E-state index in [9.17, 15) is 9.59 Å². The number of nitrogens with zero attached hydrogens (tertiary/aromatic N) is 2. The topological polar surface area (TPSA) is 61.2 Å². The van der Waals surface area contributed by atoms with Crippen molar-refractivity contribution in [2.45, 2.75) is 6.92 Å². The molecule has 0 saturated carbocycles. The van der Waals surface area contributed by atoms with Crippen molar-refractivity contribution in [1.82, 2.24) is 9.78 Å². The lowest BCUT2D eigenvalue weighted by atomic mass is 10.1. The van der Waals surface area contributed by atoms with Crippen LogP contribution >= 0.6 is 0 Å². The fourth-order valence-corrected chi connectivity index (χ4v) is 1.85. The smallest absolute Gasteiger partial charge is 0.330 e. The molecule has 0 aliphatic rings. The first kappa shape index (κ1) is 14.7. The van der Waals surface area contributed by atoms with Crippen LogP contribution in [0.15, 0.2) is 47.3 Å². The van der Waals surface area contributed by atoms with Crippen LogP contribution in [-0.4, -0.2) is 22.4 Å². The molecular weight excluding hydrogens is 268 g/mol. The molecule has 2 rings (SSSR count). The van der Waals surface area contributed by atoms with Crippen molar-refractivity contribution in [1.29, 1.82) is 0 Å². The van der Waals surface area contributed by atoms with Crippen LogP contribution < -0.4 is 5.56 Å². The zero-order chi connectivity index (χ0) is 15.2. The fraction of sp³-hybridized carbons (Fsp3) is 0.188. The van der Waals surface area contributed by atoms with Crippen LogP contribution in [0.2, 0.25) is 0 Å². The van der Waals surface area contributed by atoms with E-state index >= 15 is 0 Å². The number of aryl methyl sites for hydroxylation is 1. The summed E-state index contributed by atoms with van der Waals surface area (Å²) in [5.41, 5.74) is 1.85. The second-order valence-corrected chi connectivity index (χ2v) is 4.36. The van der Waals surface area contributed by atoms with Gasteiger partial charge in [0.25, 0.3) is 5.56 Å². The van der Waals surface area contributed by atoms with Gasteiger partial charge in [0, 0.05) is 30.3 Å². The van der Waals surface area contributed by atoms with Gasteiger partial charge in [-0.15, -0.1) is 0 Å². The van der Waals surface area contributed by atoms with Gasteiger partial charge in [-0.25, -0.2) is 9.48 Å². The molecule has 2 aromatic rings. The molecule has 1 heterocycles. The molecule has 0 atom stereocenters. The lowest BCUT2D eigenvalue weighted by Crippen LogP contribution is -2.19. The van der Waals surface area contributed by atoms with Crippen LogP contribution in [0.25, 0.3) is 17.3 Å². The van der Waals surface area contributed by atoms with Gasteiger partial charge in [-0.2, -0.15) is 5.10 Å². The van der Waals surface area contributed by atoms with Crippen molar-refractivity contribution in [2.75, 3.05) is 6.61 Å². The Hall–Kier alpha value is -2.69. The molecule has 0 N–H and O–H groups in total. The van der Waals surface area contributed by atoms with E-state index in [-0.39, 0.29) is 5.56 Å². The Morgan fingerprint density at radius 3 is 2.71 bits per heavy atom. The van der Waals surface area contributed by atoms with E-state index in [0.29, 0.717) is 17.9 Å². The molecule has 0 bridgehead atoms. The van der Waals surface area contributed by atoms with Crippen molar-refractivity contribution in [2.24, 2.45) is 7.05 Å². The summed E-state index contributed by atoms with van der Waals surface area (Å²) in [4.78, 5) is 23.1. The Balaban J connectivity index is 2.47. The van der Waals surface area contributed by atoms with E-state index in [1.54, 1.807) is 20.0 Å². The van der Waals surface area contributed by atoms with Crippen LogP contribution in [0, 0.1) is 0 Å². The van der Waals surface area contributed by atoms with Gasteiger partial charge in [-0.05, 0) is 13.0 Å². The number of carbonyl (C=O) groups is 1. The summed E-state index contributed by atoms with van der Waals surface area (Å²) in [5.74, 6) is -0.447. The second-order valence-electron chi connectivity index (χ2n) is 4.36. The number of hydrogen-bond donors (Lipinski definition) is 0. The van der Waals surface area contributed by atoms with Gasteiger partial charge in [0.2, 0.25) is 0 Å². The summed E-state index contributed by atoms with van der Waals surface area (Å²) < 4.78 is 6.10. The molecule has 0 aliphatic heterocycles. The molecule has 108 valence electrons. The van der Waals surface area contributed by atoms with Crippen LogP contribution in [0.1, 0.15) is 12.5 Å². The zero-order valence-corrected chi connectivity index (χ0v) is 11.9. The molecule has 0 saturated heterocycles. The zero-order valence-electron chi connectivity index (χ0n) is 11.9. The van der Waals surface area contributed by atoms with Gasteiger partial charge in [0.15, 0.2) is 0 Å². The van der Waals surface area contributed by atoms with Gasteiger partial charge < -0.3 is 4.74 Å². The first-order chi connectivity index (χ1) is 10.1. The second kappa shape index (κ2) is 6.65. The SMILES string of the molecule is CCOC(=O)/C=C/c1cc(=O)n(C)nc1-c1ccccc1. The molecule has 0 amide bonds. The third kappa shape index (κ3) is 3.66. The third-order valence-electron chi connectivity index (χ3n) is 2.85. The Bertz CT molecular complexity index is 718. The maximum Gasteiger partial charge on any atom is 0.330 e. The Labute approximate surface area is 122 Å². The van der Waals surface area contributed by atoms with Crippen molar-refractivity contribution >= 4 is 12.0 Å². The average Bonchev–Trinajstić information content (AvgIpc) is 2.49. The van der Waals surface area contributed by atoms with Crippen LogP contribution in [0.4, 0.5) is 0 Å². The summed E-state index contributed by atoms with van der Waals surface area (Å²) in [6, 6.07) is 10.9. The largest absolute Gasteiger partial charge is 0.463 e. The Morgan fingerprint density at radius 1 is 1.33 bits per heavy atom. The van der Waals surface area contributed by atoms with Gasteiger partial charge in [0.1, 0.15) is 0 Å². The van der Waals surface area contributed by atoms with Crippen LogP contribution in [-0.2, 0) is 16.6 Å². The number of ether oxygens (including phenoxy) is 1. The number of hydrogen-bond acceptors (Lipinski definition) is 4. The van der Waals surface area contributed by atoms with E-state index in [2.05, 4.69) is 5.10 Å². The molecular formula is C16H16N2O3. The van der Waals surface area contributed by atoms with E-state index in [1.807, 2.05) is 30.3 Å².